The first-order chi connectivity index (χ1) is 15.0. The van der Waals surface area contributed by atoms with Crippen LogP contribution < -0.4 is 16.0 Å². The first-order valence-electron chi connectivity index (χ1n) is 10.9. The highest BCUT2D eigenvalue weighted by molar-refractivity contribution is 9.10. The van der Waals surface area contributed by atoms with E-state index < -0.39 is 0 Å². The second kappa shape index (κ2) is 11.9. The molecule has 3 rings (SSSR count). The topological polar surface area (TPSA) is 73.5 Å². The summed E-state index contributed by atoms with van der Waals surface area (Å²) < 4.78 is 0.925. The predicted molar refractivity (Wildman–Crippen MR) is 127 cm³/mol. The van der Waals surface area contributed by atoms with Crippen molar-refractivity contribution in [2.24, 2.45) is 5.92 Å². The van der Waals surface area contributed by atoms with Gasteiger partial charge in [-0.1, -0.05) is 47.1 Å². The molecule has 6 nitrogen and oxygen atoms in total. The first kappa shape index (κ1) is 23.3. The number of amides is 3. The number of hydrogen-bond acceptors (Lipinski definition) is 3. The van der Waals surface area contributed by atoms with Gasteiger partial charge in [0.1, 0.15) is 0 Å². The Kier molecular flexibility index (Phi) is 8.91. The van der Waals surface area contributed by atoms with Crippen LogP contribution in [0.3, 0.4) is 0 Å². The van der Waals surface area contributed by atoms with Crippen molar-refractivity contribution in [3.05, 3.63) is 69.7 Å². The zero-order chi connectivity index (χ0) is 22.1. The molecule has 1 heterocycles. The summed E-state index contributed by atoms with van der Waals surface area (Å²) in [5.74, 6) is 0.687. The van der Waals surface area contributed by atoms with Crippen LogP contribution in [0.5, 0.6) is 0 Å². The van der Waals surface area contributed by atoms with Crippen LogP contribution in [0.15, 0.2) is 53.0 Å². The van der Waals surface area contributed by atoms with Crippen molar-refractivity contribution in [3.8, 4) is 0 Å². The molecule has 31 heavy (non-hydrogen) atoms. The van der Waals surface area contributed by atoms with Gasteiger partial charge in [0.05, 0.1) is 0 Å². The number of hydrogen-bond donors (Lipinski definition) is 3. The van der Waals surface area contributed by atoms with Gasteiger partial charge in [-0.15, -0.1) is 0 Å². The summed E-state index contributed by atoms with van der Waals surface area (Å²) in [5.41, 5.74) is 2.96. The molecular formula is C24H31BrN4O2. The summed E-state index contributed by atoms with van der Waals surface area (Å²) in [6.45, 7) is 6.87. The molecule has 2 aromatic rings. The second-order valence-electron chi connectivity index (χ2n) is 8.15. The quantitative estimate of drug-likeness (QED) is 0.495. The molecule has 0 saturated carbocycles. The average molecular weight is 487 g/mol. The third-order valence-corrected chi connectivity index (χ3v) is 6.09. The minimum absolute atomic E-state index is 0.158. The molecule has 1 aliphatic heterocycles. The van der Waals surface area contributed by atoms with Crippen molar-refractivity contribution in [3.63, 3.8) is 0 Å². The molecule has 1 aliphatic rings. The normalized spacial score (nSPS) is 14.8. The number of benzene rings is 2. The van der Waals surface area contributed by atoms with Crippen LogP contribution in [0.4, 0.5) is 4.79 Å². The third kappa shape index (κ3) is 7.99. The molecule has 0 unspecified atom stereocenters. The Morgan fingerprint density at radius 1 is 0.903 bits per heavy atom. The highest BCUT2D eigenvalue weighted by Crippen LogP contribution is 2.18. The number of piperidine rings is 1. The molecule has 0 bridgehead atoms. The molecule has 3 amide bonds. The van der Waals surface area contributed by atoms with E-state index in [4.69, 9.17) is 0 Å². The zero-order valence-electron chi connectivity index (χ0n) is 18.0. The van der Waals surface area contributed by atoms with Gasteiger partial charge in [-0.2, -0.15) is 0 Å². The minimum Gasteiger partial charge on any atom is -0.350 e. The molecule has 166 valence electrons. The van der Waals surface area contributed by atoms with Crippen LogP contribution in [0, 0.1) is 5.92 Å². The Balaban J connectivity index is 1.30. The van der Waals surface area contributed by atoms with Crippen LogP contribution in [0.2, 0.25) is 0 Å². The van der Waals surface area contributed by atoms with Gasteiger partial charge >= 0.3 is 6.03 Å². The maximum absolute atomic E-state index is 12.0. The summed E-state index contributed by atoms with van der Waals surface area (Å²) >= 11 is 3.34. The predicted octanol–water partition coefficient (Wildman–Crippen LogP) is 3.91. The summed E-state index contributed by atoms with van der Waals surface area (Å²) in [6, 6.07) is 15.3. The monoisotopic (exact) mass is 486 g/mol. The van der Waals surface area contributed by atoms with Crippen molar-refractivity contribution in [1.82, 2.24) is 20.9 Å². The van der Waals surface area contributed by atoms with Crippen LogP contribution in [0.25, 0.3) is 0 Å². The van der Waals surface area contributed by atoms with Gasteiger partial charge in [0.2, 0.25) is 0 Å². The van der Waals surface area contributed by atoms with Crippen LogP contribution in [-0.2, 0) is 13.1 Å². The Morgan fingerprint density at radius 3 is 2.19 bits per heavy atom. The number of rotatable bonds is 8. The molecular weight excluding hydrogens is 456 g/mol. The molecule has 2 aromatic carbocycles. The Morgan fingerprint density at radius 2 is 1.52 bits per heavy atom. The maximum Gasteiger partial charge on any atom is 0.315 e. The fourth-order valence-corrected chi connectivity index (χ4v) is 3.81. The Labute approximate surface area is 192 Å². The zero-order valence-corrected chi connectivity index (χ0v) is 19.6. The largest absolute Gasteiger partial charge is 0.350 e. The molecule has 0 atom stereocenters. The summed E-state index contributed by atoms with van der Waals surface area (Å²) in [7, 11) is 0. The summed E-state index contributed by atoms with van der Waals surface area (Å²) in [4.78, 5) is 26.5. The summed E-state index contributed by atoms with van der Waals surface area (Å²) in [6.07, 6.45) is 2.57. The van der Waals surface area contributed by atoms with Gasteiger partial charge in [0, 0.05) is 36.2 Å². The second-order valence-corrected chi connectivity index (χ2v) is 9.06. The number of halogens is 1. The smallest absolute Gasteiger partial charge is 0.315 e. The van der Waals surface area contributed by atoms with Crippen molar-refractivity contribution >= 4 is 27.9 Å². The molecule has 1 fully saturated rings. The SMILES string of the molecule is CC1CCN(Cc2ccc(CNC(=O)NCCNC(=O)c3ccc(Br)cc3)cc2)CC1. The number of urea groups is 1. The van der Waals surface area contributed by atoms with E-state index in [-0.39, 0.29) is 11.9 Å². The van der Waals surface area contributed by atoms with Gasteiger partial charge in [0.15, 0.2) is 0 Å². The highest BCUT2D eigenvalue weighted by atomic mass is 79.9. The van der Waals surface area contributed by atoms with E-state index in [2.05, 4.69) is 68.0 Å². The van der Waals surface area contributed by atoms with E-state index >= 15 is 0 Å². The minimum atomic E-state index is -0.246. The highest BCUT2D eigenvalue weighted by Gasteiger charge is 2.15. The lowest BCUT2D eigenvalue weighted by Gasteiger charge is -2.30. The van der Waals surface area contributed by atoms with E-state index in [0.717, 1.165) is 22.5 Å². The number of carbonyl (C=O) groups excluding carboxylic acids is 2. The van der Waals surface area contributed by atoms with Crippen molar-refractivity contribution < 1.29 is 9.59 Å². The van der Waals surface area contributed by atoms with Crippen LogP contribution in [-0.4, -0.2) is 43.0 Å². The fourth-order valence-electron chi connectivity index (χ4n) is 3.54. The molecule has 7 heteroatoms. The van der Waals surface area contributed by atoms with E-state index in [1.54, 1.807) is 12.1 Å². The Hall–Kier alpha value is -2.38. The van der Waals surface area contributed by atoms with Gasteiger partial charge < -0.3 is 16.0 Å². The van der Waals surface area contributed by atoms with Gasteiger partial charge in [-0.25, -0.2) is 4.79 Å². The van der Waals surface area contributed by atoms with Crippen LogP contribution in [0.1, 0.15) is 41.3 Å². The number of nitrogens with one attached hydrogen (secondary N) is 3. The van der Waals surface area contributed by atoms with Crippen molar-refractivity contribution in [2.45, 2.75) is 32.9 Å². The molecule has 3 N–H and O–H groups in total. The standard InChI is InChI=1S/C24H31BrN4O2/c1-18-10-14-29(15-11-18)17-20-4-2-19(3-5-20)16-28-24(31)27-13-12-26-23(30)21-6-8-22(25)9-7-21/h2-9,18H,10-17H2,1H3,(H,26,30)(H2,27,28,31). The lowest BCUT2D eigenvalue weighted by molar-refractivity contribution is 0.0954. The van der Waals surface area contributed by atoms with Crippen molar-refractivity contribution in [2.75, 3.05) is 26.2 Å². The van der Waals surface area contributed by atoms with Gasteiger partial charge in [-0.3, -0.25) is 9.69 Å². The maximum atomic E-state index is 12.0. The molecule has 0 aromatic heterocycles. The fraction of sp³-hybridized carbons (Fsp3) is 0.417. The van der Waals surface area contributed by atoms with Gasteiger partial charge in [0.25, 0.3) is 5.91 Å². The van der Waals surface area contributed by atoms with E-state index in [9.17, 15) is 9.59 Å². The lowest BCUT2D eigenvalue weighted by atomic mass is 9.99. The Bertz CT molecular complexity index is 847. The molecule has 0 aliphatic carbocycles. The van der Waals surface area contributed by atoms with E-state index in [0.29, 0.717) is 25.2 Å². The number of nitrogens with zero attached hydrogens (tertiary/aromatic N) is 1. The number of carbonyl (C=O) groups is 2. The molecule has 0 radical (unpaired) electrons. The lowest BCUT2D eigenvalue weighted by Crippen LogP contribution is -2.40. The number of likely N-dealkylation sites (tertiary alicyclic amines) is 1. The molecule has 0 spiro atoms. The molecule has 1 saturated heterocycles. The average Bonchev–Trinajstić information content (AvgIpc) is 2.78. The van der Waals surface area contributed by atoms with Gasteiger partial charge in [-0.05, 0) is 67.2 Å². The summed E-state index contributed by atoms with van der Waals surface area (Å²) in [5, 5.41) is 8.40. The van der Waals surface area contributed by atoms with Crippen molar-refractivity contribution in [1.29, 1.82) is 0 Å². The third-order valence-electron chi connectivity index (χ3n) is 5.56. The van der Waals surface area contributed by atoms with E-state index in [1.807, 2.05) is 12.1 Å². The van der Waals surface area contributed by atoms with Crippen LogP contribution >= 0.6 is 15.9 Å². The first-order valence-corrected chi connectivity index (χ1v) is 11.6. The van der Waals surface area contributed by atoms with E-state index in [1.165, 1.54) is 31.5 Å².